The standard InChI is InChI=1S/C17H27NO/c1-12-10-14(11-13(2)15(12)19)18-16(3,4)8-7-9-17(18,5)6/h10-11,19H,7-9H2,1-6H3. The van der Waals surface area contributed by atoms with Crippen LogP contribution in [-0.4, -0.2) is 16.2 Å². The Bertz CT molecular complexity index is 449. The lowest BCUT2D eigenvalue weighted by Crippen LogP contribution is -2.59. The fraction of sp³-hybridized carbons (Fsp3) is 0.647. The molecule has 19 heavy (non-hydrogen) atoms. The predicted molar refractivity (Wildman–Crippen MR) is 82.1 cm³/mol. The molecule has 2 heteroatoms. The van der Waals surface area contributed by atoms with Gasteiger partial charge in [-0.2, -0.15) is 0 Å². The minimum atomic E-state index is 0.164. The molecule has 1 fully saturated rings. The first-order valence-electron chi connectivity index (χ1n) is 7.26. The van der Waals surface area contributed by atoms with Crippen LogP contribution in [0.4, 0.5) is 5.69 Å². The number of nitrogens with zero attached hydrogens (tertiary/aromatic N) is 1. The van der Waals surface area contributed by atoms with Gasteiger partial charge in [0, 0.05) is 16.8 Å². The number of anilines is 1. The van der Waals surface area contributed by atoms with Gasteiger partial charge >= 0.3 is 0 Å². The molecule has 1 aromatic rings. The highest BCUT2D eigenvalue weighted by Crippen LogP contribution is 2.43. The molecule has 0 aliphatic carbocycles. The SMILES string of the molecule is Cc1cc(N2C(C)(C)CCCC2(C)C)cc(C)c1O. The van der Waals surface area contributed by atoms with Crippen LogP contribution in [0.25, 0.3) is 0 Å². The van der Waals surface area contributed by atoms with Gasteiger partial charge in [-0.25, -0.2) is 0 Å². The Morgan fingerprint density at radius 2 is 1.37 bits per heavy atom. The van der Waals surface area contributed by atoms with E-state index in [-0.39, 0.29) is 11.1 Å². The maximum atomic E-state index is 9.97. The molecule has 0 amide bonds. The summed E-state index contributed by atoms with van der Waals surface area (Å²) in [6, 6.07) is 4.24. The number of benzene rings is 1. The van der Waals surface area contributed by atoms with Gasteiger partial charge in [0.15, 0.2) is 0 Å². The molecule has 0 unspecified atom stereocenters. The summed E-state index contributed by atoms with van der Waals surface area (Å²) in [5, 5.41) is 9.97. The first-order chi connectivity index (χ1) is 8.65. The van der Waals surface area contributed by atoms with Crippen LogP contribution < -0.4 is 4.90 Å². The number of piperidine rings is 1. The molecule has 1 saturated heterocycles. The summed E-state index contributed by atoms with van der Waals surface area (Å²) in [5.74, 6) is 0.427. The molecule has 0 radical (unpaired) electrons. The maximum Gasteiger partial charge on any atom is 0.121 e. The first kappa shape index (κ1) is 14.2. The highest BCUT2D eigenvalue weighted by Gasteiger charge is 2.41. The fourth-order valence-corrected chi connectivity index (χ4v) is 3.76. The maximum absolute atomic E-state index is 9.97. The Labute approximate surface area is 117 Å². The molecular weight excluding hydrogens is 234 g/mol. The van der Waals surface area contributed by atoms with Gasteiger partial charge in [-0.05, 0) is 84.1 Å². The van der Waals surface area contributed by atoms with E-state index >= 15 is 0 Å². The van der Waals surface area contributed by atoms with Gasteiger partial charge in [-0.3, -0.25) is 0 Å². The van der Waals surface area contributed by atoms with Gasteiger partial charge in [0.1, 0.15) is 5.75 Å². The van der Waals surface area contributed by atoms with Crippen molar-refractivity contribution in [2.75, 3.05) is 4.90 Å². The lowest BCUT2D eigenvalue weighted by atomic mass is 9.79. The summed E-state index contributed by atoms with van der Waals surface area (Å²) in [6.07, 6.45) is 3.72. The van der Waals surface area contributed by atoms with E-state index < -0.39 is 0 Å². The third-order valence-corrected chi connectivity index (χ3v) is 4.52. The van der Waals surface area contributed by atoms with E-state index in [2.05, 4.69) is 44.7 Å². The molecule has 0 spiro atoms. The zero-order chi connectivity index (χ0) is 14.4. The van der Waals surface area contributed by atoms with Crippen molar-refractivity contribution in [3.8, 4) is 5.75 Å². The molecule has 0 bridgehead atoms. The van der Waals surface area contributed by atoms with Gasteiger partial charge in [0.25, 0.3) is 0 Å². The van der Waals surface area contributed by atoms with Gasteiger partial charge in [0.05, 0.1) is 0 Å². The van der Waals surface area contributed by atoms with E-state index in [0.29, 0.717) is 5.75 Å². The topological polar surface area (TPSA) is 23.5 Å². The molecule has 0 aromatic heterocycles. The average molecular weight is 261 g/mol. The van der Waals surface area contributed by atoms with Crippen LogP contribution in [0.1, 0.15) is 58.1 Å². The molecule has 106 valence electrons. The average Bonchev–Trinajstić information content (AvgIpc) is 2.23. The van der Waals surface area contributed by atoms with Gasteiger partial charge in [-0.1, -0.05) is 0 Å². The van der Waals surface area contributed by atoms with E-state index in [0.717, 1.165) is 11.1 Å². The van der Waals surface area contributed by atoms with Crippen molar-refractivity contribution in [2.24, 2.45) is 0 Å². The predicted octanol–water partition coefficient (Wildman–Crippen LogP) is 4.56. The molecule has 1 aromatic carbocycles. The van der Waals surface area contributed by atoms with Gasteiger partial charge < -0.3 is 10.0 Å². The minimum Gasteiger partial charge on any atom is -0.507 e. The van der Waals surface area contributed by atoms with Crippen LogP contribution in [0.15, 0.2) is 12.1 Å². The normalized spacial score (nSPS) is 21.5. The third-order valence-electron chi connectivity index (χ3n) is 4.52. The zero-order valence-corrected chi connectivity index (χ0v) is 13.2. The van der Waals surface area contributed by atoms with Crippen molar-refractivity contribution in [3.05, 3.63) is 23.3 Å². The second-order valence-corrected chi connectivity index (χ2v) is 7.24. The summed E-state index contributed by atoms with van der Waals surface area (Å²) in [5.41, 5.74) is 3.50. The van der Waals surface area contributed by atoms with Crippen LogP contribution in [0.2, 0.25) is 0 Å². The second kappa shape index (κ2) is 4.43. The molecule has 1 aliphatic heterocycles. The van der Waals surface area contributed by atoms with E-state index in [1.165, 1.54) is 24.9 Å². The Balaban J connectivity index is 2.54. The summed E-state index contributed by atoms with van der Waals surface area (Å²) in [4.78, 5) is 2.54. The van der Waals surface area contributed by atoms with E-state index in [1.807, 2.05) is 13.8 Å². The van der Waals surface area contributed by atoms with Crippen molar-refractivity contribution >= 4 is 5.69 Å². The summed E-state index contributed by atoms with van der Waals surface area (Å²) >= 11 is 0. The van der Waals surface area contributed by atoms with Crippen LogP contribution in [0.3, 0.4) is 0 Å². The Hall–Kier alpha value is -1.18. The lowest BCUT2D eigenvalue weighted by molar-refractivity contribution is 0.244. The highest BCUT2D eigenvalue weighted by atomic mass is 16.3. The Morgan fingerprint density at radius 3 is 1.79 bits per heavy atom. The van der Waals surface area contributed by atoms with Crippen LogP contribution >= 0.6 is 0 Å². The molecule has 1 heterocycles. The number of phenolic OH excluding ortho intramolecular Hbond substituents is 1. The molecule has 2 rings (SSSR count). The van der Waals surface area contributed by atoms with Crippen molar-refractivity contribution < 1.29 is 5.11 Å². The number of hydrogen-bond acceptors (Lipinski definition) is 2. The van der Waals surface area contributed by atoms with E-state index in [4.69, 9.17) is 0 Å². The first-order valence-corrected chi connectivity index (χ1v) is 7.26. The van der Waals surface area contributed by atoms with Crippen LogP contribution in [0, 0.1) is 13.8 Å². The highest BCUT2D eigenvalue weighted by molar-refractivity contribution is 5.59. The van der Waals surface area contributed by atoms with E-state index in [9.17, 15) is 5.11 Å². The molecule has 0 saturated carbocycles. The number of aromatic hydroxyl groups is 1. The monoisotopic (exact) mass is 261 g/mol. The van der Waals surface area contributed by atoms with Crippen LogP contribution in [-0.2, 0) is 0 Å². The van der Waals surface area contributed by atoms with Gasteiger partial charge in [0.2, 0.25) is 0 Å². The number of phenols is 1. The molecule has 0 atom stereocenters. The second-order valence-electron chi connectivity index (χ2n) is 7.24. The Kier molecular flexibility index (Phi) is 3.32. The van der Waals surface area contributed by atoms with Crippen molar-refractivity contribution in [3.63, 3.8) is 0 Å². The number of rotatable bonds is 1. The minimum absolute atomic E-state index is 0.164. The molecule has 2 nitrogen and oxygen atoms in total. The number of hydrogen-bond donors (Lipinski definition) is 1. The summed E-state index contributed by atoms with van der Waals surface area (Å²) in [6.45, 7) is 13.3. The van der Waals surface area contributed by atoms with Crippen molar-refractivity contribution in [1.82, 2.24) is 0 Å². The quantitative estimate of drug-likeness (QED) is 0.801. The summed E-state index contributed by atoms with van der Waals surface area (Å²) < 4.78 is 0. The third kappa shape index (κ3) is 2.45. The lowest BCUT2D eigenvalue weighted by Gasteiger charge is -2.54. The van der Waals surface area contributed by atoms with E-state index in [1.54, 1.807) is 0 Å². The van der Waals surface area contributed by atoms with Crippen LogP contribution in [0.5, 0.6) is 5.75 Å². The summed E-state index contributed by atoms with van der Waals surface area (Å²) in [7, 11) is 0. The molecule has 1 aliphatic rings. The molecule has 1 N–H and O–H groups in total. The largest absolute Gasteiger partial charge is 0.507 e. The van der Waals surface area contributed by atoms with Crippen molar-refractivity contribution in [1.29, 1.82) is 0 Å². The van der Waals surface area contributed by atoms with Gasteiger partial charge in [-0.15, -0.1) is 0 Å². The van der Waals surface area contributed by atoms with Crippen molar-refractivity contribution in [2.45, 2.75) is 71.9 Å². The molecular formula is C17H27NO. The zero-order valence-electron chi connectivity index (χ0n) is 13.2. The smallest absolute Gasteiger partial charge is 0.121 e. The Morgan fingerprint density at radius 1 is 0.947 bits per heavy atom. The fourth-order valence-electron chi connectivity index (χ4n) is 3.76. The number of aryl methyl sites for hydroxylation is 2.